The summed E-state index contributed by atoms with van der Waals surface area (Å²) in [6.07, 6.45) is -0.355. The first kappa shape index (κ1) is 20.6. The minimum Gasteiger partial charge on any atom is -0.491 e. The molecule has 1 unspecified atom stereocenters. The maximum atomic E-state index is 12.9. The van der Waals surface area contributed by atoms with E-state index in [-0.39, 0.29) is 43.3 Å². The van der Waals surface area contributed by atoms with Gasteiger partial charge in [0.1, 0.15) is 5.75 Å². The number of benzene rings is 1. The lowest BCUT2D eigenvalue weighted by Gasteiger charge is -2.33. The number of aliphatic carboxylic acids is 1. The minimum atomic E-state index is -3.64. The SMILES string of the molecule is CC(C)Oc1ccc(S(=O)(=O)N2CCOC(CN(C)CC(=O)O)C2)cc1. The van der Waals surface area contributed by atoms with Crippen molar-refractivity contribution in [1.29, 1.82) is 0 Å². The summed E-state index contributed by atoms with van der Waals surface area (Å²) in [5.74, 6) is -0.314. The number of ether oxygens (including phenoxy) is 2. The number of sulfonamides is 1. The first-order valence-corrected chi connectivity index (χ1v) is 9.91. The lowest BCUT2D eigenvalue weighted by Crippen LogP contribution is -2.49. The second kappa shape index (κ2) is 8.81. The number of hydrogen-bond donors (Lipinski definition) is 1. The normalized spacial score (nSPS) is 19.0. The van der Waals surface area contributed by atoms with Crippen molar-refractivity contribution >= 4 is 16.0 Å². The van der Waals surface area contributed by atoms with Crippen molar-refractivity contribution in [2.75, 3.05) is 39.8 Å². The Bertz CT molecular complexity index is 704. The molecule has 9 heteroatoms. The van der Waals surface area contributed by atoms with Crippen LogP contribution >= 0.6 is 0 Å². The van der Waals surface area contributed by atoms with Crippen LogP contribution in [0.25, 0.3) is 0 Å². The molecule has 1 fully saturated rings. The van der Waals surface area contributed by atoms with E-state index in [9.17, 15) is 13.2 Å². The Balaban J connectivity index is 2.04. The zero-order valence-electron chi connectivity index (χ0n) is 15.3. The van der Waals surface area contributed by atoms with Crippen molar-refractivity contribution in [3.63, 3.8) is 0 Å². The van der Waals surface area contributed by atoms with Gasteiger partial charge in [-0.3, -0.25) is 9.69 Å². The van der Waals surface area contributed by atoms with E-state index in [0.29, 0.717) is 12.3 Å². The van der Waals surface area contributed by atoms with Gasteiger partial charge in [-0.2, -0.15) is 4.31 Å². The van der Waals surface area contributed by atoms with Gasteiger partial charge in [0.2, 0.25) is 10.0 Å². The van der Waals surface area contributed by atoms with Crippen molar-refractivity contribution in [2.24, 2.45) is 0 Å². The Morgan fingerprint density at radius 3 is 2.62 bits per heavy atom. The Morgan fingerprint density at radius 1 is 1.38 bits per heavy atom. The van der Waals surface area contributed by atoms with Gasteiger partial charge in [-0.1, -0.05) is 0 Å². The molecule has 0 bridgehead atoms. The maximum absolute atomic E-state index is 12.9. The first-order chi connectivity index (χ1) is 12.2. The number of nitrogens with zero attached hydrogens (tertiary/aromatic N) is 2. The summed E-state index contributed by atoms with van der Waals surface area (Å²) in [6, 6.07) is 6.36. The summed E-state index contributed by atoms with van der Waals surface area (Å²) in [6.45, 7) is 4.77. The van der Waals surface area contributed by atoms with Crippen molar-refractivity contribution in [3.8, 4) is 5.75 Å². The Morgan fingerprint density at radius 2 is 2.04 bits per heavy atom. The fraction of sp³-hybridized carbons (Fsp3) is 0.588. The highest BCUT2D eigenvalue weighted by Crippen LogP contribution is 2.22. The summed E-state index contributed by atoms with van der Waals surface area (Å²) < 4.78 is 38.2. The molecule has 1 saturated heterocycles. The quantitative estimate of drug-likeness (QED) is 0.708. The summed E-state index contributed by atoms with van der Waals surface area (Å²) >= 11 is 0. The molecule has 2 rings (SSSR count). The number of likely N-dealkylation sites (N-methyl/N-ethyl adjacent to an activating group) is 1. The predicted octanol–water partition coefficient (Wildman–Crippen LogP) is 0.880. The molecule has 0 aliphatic carbocycles. The zero-order chi connectivity index (χ0) is 19.3. The van der Waals surface area contributed by atoms with Crippen LogP contribution in [0.3, 0.4) is 0 Å². The molecule has 0 spiro atoms. The van der Waals surface area contributed by atoms with Crippen LogP contribution in [0, 0.1) is 0 Å². The van der Waals surface area contributed by atoms with E-state index < -0.39 is 16.0 Å². The molecule has 0 amide bonds. The molecule has 1 heterocycles. The van der Waals surface area contributed by atoms with Crippen LogP contribution < -0.4 is 4.74 Å². The monoisotopic (exact) mass is 386 g/mol. The van der Waals surface area contributed by atoms with E-state index in [1.54, 1.807) is 24.1 Å². The fourth-order valence-electron chi connectivity index (χ4n) is 2.78. The van der Waals surface area contributed by atoms with Gasteiger partial charge < -0.3 is 14.6 Å². The zero-order valence-corrected chi connectivity index (χ0v) is 16.1. The molecule has 0 aromatic heterocycles. The van der Waals surface area contributed by atoms with Crippen LogP contribution in [0.4, 0.5) is 0 Å². The van der Waals surface area contributed by atoms with Crippen LogP contribution in [-0.2, 0) is 19.6 Å². The lowest BCUT2D eigenvalue weighted by atomic mass is 10.3. The smallest absolute Gasteiger partial charge is 0.317 e. The second-order valence-electron chi connectivity index (χ2n) is 6.58. The highest BCUT2D eigenvalue weighted by Gasteiger charge is 2.31. The van der Waals surface area contributed by atoms with Crippen LogP contribution in [0.5, 0.6) is 5.75 Å². The molecule has 1 aromatic rings. The number of carboxylic acids is 1. The Kier molecular flexibility index (Phi) is 6.99. The fourth-order valence-corrected chi connectivity index (χ4v) is 4.23. The predicted molar refractivity (Wildman–Crippen MR) is 95.8 cm³/mol. The maximum Gasteiger partial charge on any atom is 0.317 e. The van der Waals surface area contributed by atoms with Gasteiger partial charge in [-0.15, -0.1) is 0 Å². The van der Waals surface area contributed by atoms with Gasteiger partial charge in [0.25, 0.3) is 0 Å². The van der Waals surface area contributed by atoms with Crippen LogP contribution in [-0.4, -0.2) is 80.7 Å². The van der Waals surface area contributed by atoms with Crippen LogP contribution in [0.2, 0.25) is 0 Å². The topological polar surface area (TPSA) is 96.4 Å². The van der Waals surface area contributed by atoms with Crippen LogP contribution in [0.1, 0.15) is 13.8 Å². The molecule has 1 aromatic carbocycles. The first-order valence-electron chi connectivity index (χ1n) is 8.47. The standard InChI is InChI=1S/C17H26N2O6S/c1-13(2)25-14-4-6-16(7-5-14)26(22,23)19-8-9-24-15(11-19)10-18(3)12-17(20)21/h4-7,13,15H,8-12H2,1-3H3,(H,20,21). The van der Waals surface area contributed by atoms with Gasteiger partial charge in [-0.25, -0.2) is 8.42 Å². The van der Waals surface area contributed by atoms with E-state index in [0.717, 1.165) is 0 Å². The third-order valence-corrected chi connectivity index (χ3v) is 5.73. The number of carboxylic acid groups (broad SMARTS) is 1. The molecule has 8 nitrogen and oxygen atoms in total. The third-order valence-electron chi connectivity index (χ3n) is 3.86. The second-order valence-corrected chi connectivity index (χ2v) is 8.52. The molecule has 1 N–H and O–H groups in total. The van der Waals surface area contributed by atoms with Crippen molar-refractivity contribution < 1.29 is 27.8 Å². The lowest BCUT2D eigenvalue weighted by molar-refractivity contribution is -0.138. The van der Waals surface area contributed by atoms with E-state index in [4.69, 9.17) is 14.6 Å². The van der Waals surface area contributed by atoms with Crippen molar-refractivity contribution in [2.45, 2.75) is 31.0 Å². The van der Waals surface area contributed by atoms with E-state index in [1.807, 2.05) is 13.8 Å². The van der Waals surface area contributed by atoms with Crippen LogP contribution in [0.15, 0.2) is 29.2 Å². The molecular weight excluding hydrogens is 360 g/mol. The summed E-state index contributed by atoms with van der Waals surface area (Å²) in [5, 5.41) is 8.82. The molecule has 146 valence electrons. The third kappa shape index (κ3) is 5.66. The highest BCUT2D eigenvalue weighted by atomic mass is 32.2. The molecule has 1 aliphatic rings. The van der Waals surface area contributed by atoms with Gasteiger partial charge in [0, 0.05) is 19.6 Å². The van der Waals surface area contributed by atoms with Crippen molar-refractivity contribution in [1.82, 2.24) is 9.21 Å². The van der Waals surface area contributed by atoms with E-state index in [1.165, 1.54) is 16.4 Å². The largest absolute Gasteiger partial charge is 0.491 e. The number of hydrogen-bond acceptors (Lipinski definition) is 6. The molecular formula is C17H26N2O6S. The molecule has 0 saturated carbocycles. The van der Waals surface area contributed by atoms with E-state index in [2.05, 4.69) is 0 Å². The number of rotatable bonds is 8. The minimum absolute atomic E-state index is 0.0141. The Hall–Kier alpha value is -1.68. The highest BCUT2D eigenvalue weighted by molar-refractivity contribution is 7.89. The molecule has 1 aliphatic heterocycles. The molecule has 0 radical (unpaired) electrons. The van der Waals surface area contributed by atoms with Gasteiger partial charge in [-0.05, 0) is 45.2 Å². The number of morpholine rings is 1. The van der Waals surface area contributed by atoms with Gasteiger partial charge in [0.05, 0.1) is 30.3 Å². The average molecular weight is 386 g/mol. The van der Waals surface area contributed by atoms with Crippen molar-refractivity contribution in [3.05, 3.63) is 24.3 Å². The number of carbonyl (C=O) groups is 1. The average Bonchev–Trinajstić information content (AvgIpc) is 2.54. The molecule has 1 atom stereocenters. The summed E-state index contributed by atoms with van der Waals surface area (Å²) in [5.41, 5.74) is 0. The van der Waals surface area contributed by atoms with E-state index >= 15 is 0 Å². The summed E-state index contributed by atoms with van der Waals surface area (Å²) in [7, 11) is -1.97. The molecule has 26 heavy (non-hydrogen) atoms. The summed E-state index contributed by atoms with van der Waals surface area (Å²) in [4.78, 5) is 12.6. The van der Waals surface area contributed by atoms with Gasteiger partial charge >= 0.3 is 5.97 Å². The van der Waals surface area contributed by atoms with Gasteiger partial charge in [0.15, 0.2) is 0 Å². The Labute approximate surface area is 154 Å².